The van der Waals surface area contributed by atoms with E-state index in [-0.39, 0.29) is 11.3 Å². The lowest BCUT2D eigenvalue weighted by molar-refractivity contribution is -0.0498. The number of rotatable bonds is 5. The minimum Gasteiger partial charge on any atom is -0.465 e. The average molecular weight is 341 g/mol. The minimum atomic E-state index is -2.96. The van der Waals surface area contributed by atoms with E-state index in [0.29, 0.717) is 15.4 Å². The second kappa shape index (κ2) is 7.19. The number of aryl methyl sites for hydroxylation is 1. The SMILES string of the molecule is COC(=O)c1sc(NC(=O)c2cccc(OC(F)F)c2)cc1C. The Morgan fingerprint density at radius 1 is 1.26 bits per heavy atom. The number of amides is 1. The molecule has 1 heterocycles. The normalized spacial score (nSPS) is 10.5. The first-order valence-corrected chi connectivity index (χ1v) is 7.27. The monoisotopic (exact) mass is 341 g/mol. The van der Waals surface area contributed by atoms with Crippen LogP contribution in [0.2, 0.25) is 0 Å². The Bertz CT molecular complexity index is 730. The quantitative estimate of drug-likeness (QED) is 0.842. The van der Waals surface area contributed by atoms with E-state index in [0.717, 1.165) is 11.3 Å². The molecule has 0 saturated carbocycles. The lowest BCUT2D eigenvalue weighted by Crippen LogP contribution is -2.11. The highest BCUT2D eigenvalue weighted by molar-refractivity contribution is 7.18. The Labute approximate surface area is 134 Å². The molecule has 0 saturated heterocycles. The Morgan fingerprint density at radius 2 is 2.00 bits per heavy atom. The Balaban J connectivity index is 2.14. The molecule has 0 atom stereocenters. The second-order valence-corrected chi connectivity index (χ2v) is 5.53. The van der Waals surface area contributed by atoms with Crippen LogP contribution < -0.4 is 10.1 Å². The Morgan fingerprint density at radius 3 is 2.65 bits per heavy atom. The van der Waals surface area contributed by atoms with E-state index in [1.807, 2.05) is 0 Å². The first-order valence-electron chi connectivity index (χ1n) is 6.45. The van der Waals surface area contributed by atoms with Crippen LogP contribution >= 0.6 is 11.3 Å². The van der Waals surface area contributed by atoms with Crippen LogP contribution in [0, 0.1) is 6.92 Å². The molecule has 1 N–H and O–H groups in total. The molecule has 2 rings (SSSR count). The smallest absolute Gasteiger partial charge is 0.387 e. The van der Waals surface area contributed by atoms with E-state index in [4.69, 9.17) is 0 Å². The summed E-state index contributed by atoms with van der Waals surface area (Å²) in [7, 11) is 1.27. The van der Waals surface area contributed by atoms with E-state index < -0.39 is 18.5 Å². The van der Waals surface area contributed by atoms with Gasteiger partial charge in [-0.2, -0.15) is 8.78 Å². The lowest BCUT2D eigenvalue weighted by Gasteiger charge is -2.06. The summed E-state index contributed by atoms with van der Waals surface area (Å²) in [5.41, 5.74) is 0.834. The summed E-state index contributed by atoms with van der Waals surface area (Å²) >= 11 is 1.07. The molecule has 0 unspecified atom stereocenters. The molecule has 0 bridgehead atoms. The predicted octanol–water partition coefficient (Wildman–Crippen LogP) is 3.70. The second-order valence-electron chi connectivity index (χ2n) is 4.47. The average Bonchev–Trinajstić information content (AvgIpc) is 2.86. The molecule has 0 spiro atoms. The molecule has 5 nitrogen and oxygen atoms in total. The van der Waals surface area contributed by atoms with Crippen molar-refractivity contribution in [2.75, 3.05) is 12.4 Å². The van der Waals surface area contributed by atoms with Crippen LogP contribution in [0.15, 0.2) is 30.3 Å². The zero-order chi connectivity index (χ0) is 17.0. The largest absolute Gasteiger partial charge is 0.465 e. The Hall–Kier alpha value is -2.48. The molecular formula is C15H13F2NO4S. The number of nitrogens with one attached hydrogen (secondary N) is 1. The van der Waals surface area contributed by atoms with Gasteiger partial charge < -0.3 is 14.8 Å². The van der Waals surface area contributed by atoms with Crippen LogP contribution in [0.1, 0.15) is 25.6 Å². The molecule has 1 aromatic heterocycles. The third-order valence-corrected chi connectivity index (χ3v) is 3.98. The van der Waals surface area contributed by atoms with Crippen molar-refractivity contribution < 1.29 is 27.8 Å². The maximum atomic E-state index is 12.2. The number of benzene rings is 1. The number of carbonyl (C=O) groups excluding carboxylic acids is 2. The Kier molecular flexibility index (Phi) is 5.28. The molecule has 1 aromatic carbocycles. The zero-order valence-corrected chi connectivity index (χ0v) is 13.1. The first-order chi connectivity index (χ1) is 10.9. The van der Waals surface area contributed by atoms with Gasteiger partial charge in [0.15, 0.2) is 0 Å². The highest BCUT2D eigenvalue weighted by atomic mass is 32.1. The summed E-state index contributed by atoms with van der Waals surface area (Å²) in [6.45, 7) is -1.24. The number of esters is 1. The third kappa shape index (κ3) is 4.26. The highest BCUT2D eigenvalue weighted by Gasteiger charge is 2.16. The molecule has 0 aliphatic rings. The number of ether oxygens (including phenoxy) is 2. The van der Waals surface area contributed by atoms with Gasteiger partial charge in [-0.15, -0.1) is 11.3 Å². The zero-order valence-electron chi connectivity index (χ0n) is 12.3. The van der Waals surface area contributed by atoms with E-state index in [2.05, 4.69) is 14.8 Å². The number of alkyl halides is 2. The number of thiophene rings is 1. The third-order valence-electron chi connectivity index (χ3n) is 2.85. The molecule has 2 aromatic rings. The highest BCUT2D eigenvalue weighted by Crippen LogP contribution is 2.28. The summed E-state index contributed by atoms with van der Waals surface area (Å²) < 4.78 is 33.3. The fourth-order valence-corrected chi connectivity index (χ4v) is 2.82. The minimum absolute atomic E-state index is 0.106. The molecule has 0 fully saturated rings. The summed E-state index contributed by atoms with van der Waals surface area (Å²) in [4.78, 5) is 24.1. The lowest BCUT2D eigenvalue weighted by atomic mass is 10.2. The van der Waals surface area contributed by atoms with Crippen molar-refractivity contribution in [2.24, 2.45) is 0 Å². The molecular weight excluding hydrogens is 328 g/mol. The maximum Gasteiger partial charge on any atom is 0.387 e. The van der Waals surface area contributed by atoms with Gasteiger partial charge in [-0.25, -0.2) is 4.79 Å². The van der Waals surface area contributed by atoms with Crippen LogP contribution in [0.5, 0.6) is 5.75 Å². The number of hydrogen-bond donors (Lipinski definition) is 1. The number of halogens is 2. The van der Waals surface area contributed by atoms with Gasteiger partial charge >= 0.3 is 12.6 Å². The van der Waals surface area contributed by atoms with E-state index in [9.17, 15) is 18.4 Å². The molecule has 1 amide bonds. The van der Waals surface area contributed by atoms with Gasteiger partial charge in [-0.05, 0) is 36.8 Å². The molecule has 122 valence electrons. The molecule has 0 aliphatic heterocycles. The summed E-state index contributed by atoms with van der Waals surface area (Å²) in [5, 5.41) is 3.06. The van der Waals surface area contributed by atoms with Crippen molar-refractivity contribution in [3.05, 3.63) is 46.3 Å². The number of hydrogen-bond acceptors (Lipinski definition) is 5. The molecule has 0 radical (unpaired) electrons. The van der Waals surface area contributed by atoms with Crippen molar-refractivity contribution in [1.82, 2.24) is 0 Å². The van der Waals surface area contributed by atoms with Crippen molar-refractivity contribution in [3.8, 4) is 5.75 Å². The first kappa shape index (κ1) is 16.9. The fourth-order valence-electron chi connectivity index (χ4n) is 1.84. The van der Waals surface area contributed by atoms with E-state index in [1.165, 1.54) is 31.4 Å². The maximum absolute atomic E-state index is 12.2. The van der Waals surface area contributed by atoms with Gasteiger partial charge in [0, 0.05) is 5.56 Å². The molecule has 23 heavy (non-hydrogen) atoms. The molecule has 0 aliphatic carbocycles. The van der Waals surface area contributed by atoms with Crippen molar-refractivity contribution in [2.45, 2.75) is 13.5 Å². The van der Waals surface area contributed by atoms with Gasteiger partial charge in [0.2, 0.25) is 0 Å². The van der Waals surface area contributed by atoms with Gasteiger partial charge in [-0.1, -0.05) is 6.07 Å². The van der Waals surface area contributed by atoms with Crippen molar-refractivity contribution in [1.29, 1.82) is 0 Å². The van der Waals surface area contributed by atoms with Gasteiger partial charge in [0.25, 0.3) is 5.91 Å². The topological polar surface area (TPSA) is 64.6 Å². The van der Waals surface area contributed by atoms with E-state index in [1.54, 1.807) is 13.0 Å². The number of carbonyl (C=O) groups is 2. The van der Waals surface area contributed by atoms with Gasteiger partial charge in [-0.3, -0.25) is 4.79 Å². The van der Waals surface area contributed by atoms with Crippen LogP contribution in [0.3, 0.4) is 0 Å². The summed E-state index contributed by atoms with van der Waals surface area (Å²) in [6.07, 6.45) is 0. The van der Waals surface area contributed by atoms with Crippen LogP contribution in [0.4, 0.5) is 13.8 Å². The van der Waals surface area contributed by atoms with Crippen LogP contribution in [-0.2, 0) is 4.74 Å². The van der Waals surface area contributed by atoms with Crippen LogP contribution in [0.25, 0.3) is 0 Å². The number of methoxy groups -OCH3 is 1. The van der Waals surface area contributed by atoms with Crippen LogP contribution in [-0.4, -0.2) is 25.6 Å². The van der Waals surface area contributed by atoms with Crippen molar-refractivity contribution >= 4 is 28.2 Å². The summed E-state index contributed by atoms with van der Waals surface area (Å²) in [6, 6.07) is 7.08. The van der Waals surface area contributed by atoms with Crippen molar-refractivity contribution in [3.63, 3.8) is 0 Å². The molecule has 8 heteroatoms. The number of anilines is 1. The predicted molar refractivity (Wildman–Crippen MR) is 81.4 cm³/mol. The van der Waals surface area contributed by atoms with Gasteiger partial charge in [0.05, 0.1) is 12.1 Å². The van der Waals surface area contributed by atoms with E-state index >= 15 is 0 Å². The summed E-state index contributed by atoms with van der Waals surface area (Å²) in [5.74, 6) is -1.09. The fraction of sp³-hybridized carbons (Fsp3) is 0.200. The van der Waals surface area contributed by atoms with Gasteiger partial charge in [0.1, 0.15) is 10.6 Å². The standard InChI is InChI=1S/C15H13F2NO4S/c1-8-6-11(23-12(8)14(20)21-2)18-13(19)9-4-3-5-10(7-9)22-15(16)17/h3-7,15H,1-2H3,(H,18,19).